The normalized spacial score (nSPS) is 14.5. The molecule has 26 heavy (non-hydrogen) atoms. The van der Waals surface area contributed by atoms with E-state index < -0.39 is 5.82 Å². The third kappa shape index (κ3) is 3.13. The molecule has 0 N–H and O–H groups in total. The average Bonchev–Trinajstić information content (AvgIpc) is 3.18. The van der Waals surface area contributed by atoms with Crippen molar-refractivity contribution < 1.29 is 13.6 Å². The van der Waals surface area contributed by atoms with Crippen LogP contribution in [0.15, 0.2) is 53.1 Å². The van der Waals surface area contributed by atoms with Crippen LogP contribution < -0.4 is 4.90 Å². The Labute approximate surface area is 149 Å². The molecule has 3 heterocycles. The van der Waals surface area contributed by atoms with Gasteiger partial charge < -0.3 is 14.2 Å². The van der Waals surface area contributed by atoms with E-state index in [2.05, 4.69) is 20.1 Å². The minimum atomic E-state index is -0.473. The van der Waals surface area contributed by atoms with Crippen molar-refractivity contribution in [3.05, 3.63) is 60.4 Å². The first-order chi connectivity index (χ1) is 12.7. The van der Waals surface area contributed by atoms with Crippen LogP contribution in [0.1, 0.15) is 10.7 Å². The quantitative estimate of drug-likeness (QED) is 0.719. The van der Waals surface area contributed by atoms with Crippen molar-refractivity contribution in [2.75, 3.05) is 31.1 Å². The number of rotatable bonds is 3. The molecule has 0 saturated carbocycles. The maximum atomic E-state index is 13.8. The monoisotopic (exact) mass is 353 g/mol. The van der Waals surface area contributed by atoms with Gasteiger partial charge in [-0.15, -0.1) is 10.2 Å². The summed E-state index contributed by atoms with van der Waals surface area (Å²) in [4.78, 5) is 20.7. The van der Waals surface area contributed by atoms with Crippen molar-refractivity contribution in [3.8, 4) is 11.5 Å². The van der Waals surface area contributed by atoms with Crippen LogP contribution in [0.2, 0.25) is 0 Å². The zero-order valence-electron chi connectivity index (χ0n) is 13.9. The Kier molecular flexibility index (Phi) is 4.30. The molecule has 8 heteroatoms. The fourth-order valence-corrected chi connectivity index (χ4v) is 2.87. The van der Waals surface area contributed by atoms with Crippen LogP contribution >= 0.6 is 0 Å². The van der Waals surface area contributed by atoms with Crippen LogP contribution in [-0.4, -0.2) is 52.2 Å². The number of hydrogen-bond acceptors (Lipinski definition) is 6. The first kappa shape index (κ1) is 16.2. The summed E-state index contributed by atoms with van der Waals surface area (Å²) in [6.07, 6.45) is 1.75. The maximum Gasteiger partial charge on any atom is 0.311 e. The lowest BCUT2D eigenvalue weighted by molar-refractivity contribution is 0.0707. The second-order valence-electron chi connectivity index (χ2n) is 5.86. The highest BCUT2D eigenvalue weighted by molar-refractivity contribution is 5.90. The first-order valence-corrected chi connectivity index (χ1v) is 8.26. The minimum Gasteiger partial charge on any atom is -0.412 e. The van der Waals surface area contributed by atoms with Crippen LogP contribution in [0, 0.1) is 5.82 Å². The molecule has 1 aromatic carbocycles. The van der Waals surface area contributed by atoms with E-state index in [9.17, 15) is 9.18 Å². The van der Waals surface area contributed by atoms with Gasteiger partial charge in [-0.2, -0.15) is 0 Å². The summed E-state index contributed by atoms with van der Waals surface area (Å²) in [6, 6.07) is 11.8. The van der Waals surface area contributed by atoms with Gasteiger partial charge >= 0.3 is 11.8 Å². The number of piperazine rings is 1. The zero-order valence-corrected chi connectivity index (χ0v) is 13.9. The Balaban J connectivity index is 1.44. The number of halogens is 1. The number of anilines is 1. The lowest BCUT2D eigenvalue weighted by Gasteiger charge is -2.34. The summed E-state index contributed by atoms with van der Waals surface area (Å²) in [5.74, 6) is -0.0628. The summed E-state index contributed by atoms with van der Waals surface area (Å²) in [6.45, 7) is 2.37. The highest BCUT2D eigenvalue weighted by Gasteiger charge is 2.27. The molecule has 2 aromatic heterocycles. The van der Waals surface area contributed by atoms with Gasteiger partial charge in [-0.1, -0.05) is 18.2 Å². The molecule has 1 amide bonds. The molecule has 0 atom stereocenters. The van der Waals surface area contributed by atoms with Gasteiger partial charge in [-0.05, 0) is 24.3 Å². The Hall–Kier alpha value is -3.29. The molecule has 132 valence electrons. The van der Waals surface area contributed by atoms with Gasteiger partial charge in [0.05, 0.1) is 5.56 Å². The lowest BCUT2D eigenvalue weighted by atomic mass is 10.2. The predicted molar refractivity (Wildman–Crippen MR) is 92.0 cm³/mol. The van der Waals surface area contributed by atoms with E-state index in [1.165, 1.54) is 12.1 Å². The number of carbonyl (C=O) groups is 1. The van der Waals surface area contributed by atoms with E-state index in [1.807, 2.05) is 18.2 Å². The molecule has 4 rings (SSSR count). The molecule has 0 unspecified atom stereocenters. The molecule has 1 fully saturated rings. The number of hydrogen-bond donors (Lipinski definition) is 0. The van der Waals surface area contributed by atoms with E-state index in [1.54, 1.807) is 23.2 Å². The Morgan fingerprint density at radius 2 is 1.77 bits per heavy atom. The van der Waals surface area contributed by atoms with Crippen LogP contribution in [0.5, 0.6) is 0 Å². The van der Waals surface area contributed by atoms with E-state index in [0.717, 1.165) is 5.82 Å². The Bertz CT molecular complexity index is 907. The SMILES string of the molecule is O=C(c1nnc(-c2ccccc2F)o1)N1CCN(c2ccccn2)CC1. The molecule has 0 bridgehead atoms. The average molecular weight is 353 g/mol. The van der Waals surface area contributed by atoms with Gasteiger partial charge in [0.15, 0.2) is 0 Å². The van der Waals surface area contributed by atoms with Crippen LogP contribution in [-0.2, 0) is 0 Å². The largest absolute Gasteiger partial charge is 0.412 e. The minimum absolute atomic E-state index is 0.00132. The summed E-state index contributed by atoms with van der Waals surface area (Å²) in [5.41, 5.74) is 0.180. The first-order valence-electron chi connectivity index (χ1n) is 8.26. The second-order valence-corrected chi connectivity index (χ2v) is 5.86. The van der Waals surface area contributed by atoms with E-state index in [0.29, 0.717) is 26.2 Å². The van der Waals surface area contributed by atoms with Crippen LogP contribution in [0.3, 0.4) is 0 Å². The maximum absolute atomic E-state index is 13.8. The summed E-state index contributed by atoms with van der Waals surface area (Å²) in [7, 11) is 0. The number of carbonyl (C=O) groups excluding carboxylic acids is 1. The fourth-order valence-electron chi connectivity index (χ4n) is 2.87. The van der Waals surface area contributed by atoms with Gasteiger partial charge in [0.1, 0.15) is 11.6 Å². The molecule has 1 saturated heterocycles. The number of aromatic nitrogens is 3. The van der Waals surface area contributed by atoms with Gasteiger partial charge in [-0.3, -0.25) is 4.79 Å². The standard InChI is InChI=1S/C18H16FN5O2/c19-14-6-2-1-5-13(14)16-21-22-17(26-16)18(25)24-11-9-23(10-12-24)15-7-3-4-8-20-15/h1-8H,9-12H2. The van der Waals surface area contributed by atoms with E-state index >= 15 is 0 Å². The highest BCUT2D eigenvalue weighted by Crippen LogP contribution is 2.22. The number of nitrogens with zero attached hydrogens (tertiary/aromatic N) is 5. The summed E-state index contributed by atoms with van der Waals surface area (Å²) < 4.78 is 19.2. The third-order valence-electron chi connectivity index (χ3n) is 4.25. The molecule has 0 aliphatic carbocycles. The predicted octanol–water partition coefficient (Wildman–Crippen LogP) is 2.23. The molecule has 1 aliphatic heterocycles. The van der Waals surface area contributed by atoms with Crippen molar-refractivity contribution in [1.82, 2.24) is 20.1 Å². The van der Waals surface area contributed by atoms with Gasteiger partial charge in [0.2, 0.25) is 0 Å². The van der Waals surface area contributed by atoms with Gasteiger partial charge in [0.25, 0.3) is 5.89 Å². The number of benzene rings is 1. The van der Waals surface area contributed by atoms with Crippen molar-refractivity contribution in [1.29, 1.82) is 0 Å². The Morgan fingerprint density at radius 1 is 1.00 bits per heavy atom. The molecule has 1 aliphatic rings. The van der Waals surface area contributed by atoms with Crippen molar-refractivity contribution >= 4 is 11.7 Å². The van der Waals surface area contributed by atoms with E-state index in [4.69, 9.17) is 4.42 Å². The molecular weight excluding hydrogens is 337 g/mol. The molecule has 7 nitrogen and oxygen atoms in total. The van der Waals surface area contributed by atoms with Crippen molar-refractivity contribution in [2.24, 2.45) is 0 Å². The lowest BCUT2D eigenvalue weighted by Crippen LogP contribution is -2.49. The fraction of sp³-hybridized carbons (Fsp3) is 0.222. The summed E-state index contributed by atoms with van der Waals surface area (Å²) in [5, 5.41) is 7.59. The second kappa shape index (κ2) is 6.91. The van der Waals surface area contributed by atoms with Gasteiger partial charge in [0, 0.05) is 32.4 Å². The van der Waals surface area contributed by atoms with Crippen LogP contribution in [0.4, 0.5) is 10.2 Å². The number of pyridine rings is 1. The topological polar surface area (TPSA) is 75.4 Å². The van der Waals surface area contributed by atoms with Crippen molar-refractivity contribution in [2.45, 2.75) is 0 Å². The number of amides is 1. The van der Waals surface area contributed by atoms with Crippen molar-refractivity contribution in [3.63, 3.8) is 0 Å². The van der Waals surface area contributed by atoms with Gasteiger partial charge in [-0.25, -0.2) is 9.37 Å². The Morgan fingerprint density at radius 3 is 2.50 bits per heavy atom. The smallest absolute Gasteiger partial charge is 0.311 e. The molecule has 3 aromatic rings. The highest BCUT2D eigenvalue weighted by atomic mass is 19.1. The molecular formula is C18H16FN5O2. The van der Waals surface area contributed by atoms with Crippen LogP contribution in [0.25, 0.3) is 11.5 Å². The molecule has 0 spiro atoms. The third-order valence-corrected chi connectivity index (χ3v) is 4.25. The zero-order chi connectivity index (χ0) is 17.9. The van der Waals surface area contributed by atoms with E-state index in [-0.39, 0.29) is 23.3 Å². The summed E-state index contributed by atoms with van der Waals surface area (Å²) >= 11 is 0. The molecule has 0 radical (unpaired) electrons.